The smallest absolute Gasteiger partial charge is 0.154 e. The van der Waals surface area contributed by atoms with E-state index in [4.69, 9.17) is 4.42 Å². The van der Waals surface area contributed by atoms with Crippen molar-refractivity contribution in [1.29, 1.82) is 5.26 Å². The predicted molar refractivity (Wildman–Crippen MR) is 95.0 cm³/mol. The van der Waals surface area contributed by atoms with Crippen LogP contribution in [-0.4, -0.2) is 9.97 Å². The Labute approximate surface area is 142 Å². The van der Waals surface area contributed by atoms with Gasteiger partial charge in [0.25, 0.3) is 0 Å². The number of nitriles is 1. The van der Waals surface area contributed by atoms with E-state index in [0.29, 0.717) is 16.3 Å². The minimum Gasteiger partial charge on any atom is -0.454 e. The summed E-state index contributed by atoms with van der Waals surface area (Å²) < 4.78 is 5.83. The molecule has 0 aliphatic heterocycles. The molecule has 0 atom stereocenters. The maximum atomic E-state index is 9.44. The van der Waals surface area contributed by atoms with Crippen LogP contribution in [0.3, 0.4) is 0 Å². The van der Waals surface area contributed by atoms with Crippen molar-refractivity contribution in [3.8, 4) is 17.5 Å². The van der Waals surface area contributed by atoms with Gasteiger partial charge < -0.3 is 4.42 Å². The molecule has 0 saturated heterocycles. The highest BCUT2D eigenvalue weighted by Crippen LogP contribution is 2.31. The van der Waals surface area contributed by atoms with Crippen LogP contribution in [0.1, 0.15) is 10.6 Å². The third-order valence-electron chi connectivity index (χ3n) is 3.53. The molecule has 0 unspecified atom stereocenters. The summed E-state index contributed by atoms with van der Waals surface area (Å²) >= 11 is 1.42. The van der Waals surface area contributed by atoms with Crippen molar-refractivity contribution >= 4 is 34.0 Å². The third kappa shape index (κ3) is 2.71. The van der Waals surface area contributed by atoms with Gasteiger partial charge in [0, 0.05) is 23.2 Å². The number of benzene rings is 1. The molecule has 0 fully saturated rings. The number of allylic oxidation sites excluding steroid dienone is 1. The number of thiazole rings is 1. The van der Waals surface area contributed by atoms with E-state index in [9.17, 15) is 5.26 Å². The summed E-state index contributed by atoms with van der Waals surface area (Å²) in [5.74, 6) is 0.706. The first-order valence-corrected chi connectivity index (χ1v) is 8.18. The topological polar surface area (TPSA) is 62.7 Å². The van der Waals surface area contributed by atoms with Crippen LogP contribution in [0.4, 0.5) is 0 Å². The van der Waals surface area contributed by atoms with Crippen molar-refractivity contribution in [2.45, 2.75) is 0 Å². The fraction of sp³-hybridized carbons (Fsp3) is 0. The average Bonchev–Trinajstić information content (AvgIpc) is 3.27. The van der Waals surface area contributed by atoms with Crippen LogP contribution in [0.25, 0.3) is 34.1 Å². The Bertz CT molecular complexity index is 1040. The lowest BCUT2D eigenvalue weighted by Crippen LogP contribution is -1.82. The lowest BCUT2D eigenvalue weighted by Gasteiger charge is -1.94. The molecule has 24 heavy (non-hydrogen) atoms. The minimum absolute atomic E-state index is 0.510. The second kappa shape index (κ2) is 6.11. The summed E-state index contributed by atoms with van der Waals surface area (Å²) in [5, 5.41) is 13.0. The summed E-state index contributed by atoms with van der Waals surface area (Å²) in [5.41, 5.74) is 2.94. The molecule has 4 nitrogen and oxygen atoms in total. The van der Waals surface area contributed by atoms with Crippen LogP contribution in [0.15, 0.2) is 64.7 Å². The average molecular weight is 329 g/mol. The standard InChI is InChI=1S/C19H11N3OS/c20-10-15(8-13-4-3-7-21-11-13)19-22-16(12-24-19)18-9-14-5-1-2-6-17(14)23-18/h1-9,11-12H/b15-8-. The molecular formula is C19H11N3OS. The highest BCUT2D eigenvalue weighted by molar-refractivity contribution is 7.11. The zero-order valence-corrected chi connectivity index (χ0v) is 13.3. The van der Waals surface area contributed by atoms with Crippen molar-refractivity contribution in [2.75, 3.05) is 0 Å². The number of para-hydroxylation sites is 1. The van der Waals surface area contributed by atoms with Crippen LogP contribution >= 0.6 is 11.3 Å². The molecular weight excluding hydrogens is 318 g/mol. The molecule has 0 amide bonds. The Morgan fingerprint density at radius 1 is 1.21 bits per heavy atom. The van der Waals surface area contributed by atoms with E-state index < -0.39 is 0 Å². The molecule has 0 radical (unpaired) electrons. The highest BCUT2D eigenvalue weighted by atomic mass is 32.1. The zero-order chi connectivity index (χ0) is 16.4. The van der Waals surface area contributed by atoms with E-state index in [0.717, 1.165) is 22.2 Å². The number of furan rings is 1. The molecule has 0 aliphatic rings. The summed E-state index contributed by atoms with van der Waals surface area (Å²) in [6.07, 6.45) is 5.20. The second-order valence-corrected chi connectivity index (χ2v) is 6.00. The van der Waals surface area contributed by atoms with Gasteiger partial charge in [0.1, 0.15) is 22.4 Å². The molecule has 114 valence electrons. The van der Waals surface area contributed by atoms with E-state index in [1.165, 1.54) is 11.3 Å². The molecule has 0 spiro atoms. The summed E-state index contributed by atoms with van der Waals surface area (Å²) in [6, 6.07) is 15.7. The first-order valence-electron chi connectivity index (χ1n) is 7.30. The van der Waals surface area contributed by atoms with Crippen LogP contribution in [0, 0.1) is 11.3 Å². The van der Waals surface area contributed by atoms with E-state index in [2.05, 4.69) is 16.0 Å². The number of hydrogen-bond acceptors (Lipinski definition) is 5. The van der Waals surface area contributed by atoms with E-state index in [1.807, 2.05) is 47.8 Å². The fourth-order valence-electron chi connectivity index (χ4n) is 2.39. The maximum absolute atomic E-state index is 9.44. The molecule has 4 rings (SSSR count). The second-order valence-electron chi connectivity index (χ2n) is 5.14. The SMILES string of the molecule is N#C/C(=C/c1cccnc1)c1nc(-c2cc3ccccc3o2)cs1. The van der Waals surface area contributed by atoms with Crippen molar-refractivity contribution < 1.29 is 4.42 Å². The number of pyridine rings is 1. The molecule has 3 aromatic heterocycles. The van der Waals surface area contributed by atoms with E-state index in [-0.39, 0.29) is 0 Å². The molecule has 5 heteroatoms. The van der Waals surface area contributed by atoms with Gasteiger partial charge in [-0.3, -0.25) is 4.98 Å². The third-order valence-corrected chi connectivity index (χ3v) is 4.40. The monoisotopic (exact) mass is 329 g/mol. The molecule has 0 bridgehead atoms. The van der Waals surface area contributed by atoms with Gasteiger partial charge in [-0.15, -0.1) is 11.3 Å². The molecule has 4 aromatic rings. The Balaban J connectivity index is 1.71. The Morgan fingerprint density at radius 2 is 2.12 bits per heavy atom. The fourth-order valence-corrected chi connectivity index (χ4v) is 3.16. The van der Waals surface area contributed by atoms with Gasteiger partial charge in [0.2, 0.25) is 0 Å². The van der Waals surface area contributed by atoms with Crippen molar-refractivity contribution in [3.05, 3.63) is 70.8 Å². The Morgan fingerprint density at radius 3 is 2.92 bits per heavy atom. The largest absolute Gasteiger partial charge is 0.454 e. The lowest BCUT2D eigenvalue weighted by molar-refractivity contribution is 0.629. The predicted octanol–water partition coefficient (Wildman–Crippen LogP) is 5.02. The van der Waals surface area contributed by atoms with Gasteiger partial charge in [0.15, 0.2) is 5.76 Å². The number of aromatic nitrogens is 2. The number of hydrogen-bond donors (Lipinski definition) is 0. The molecule has 1 aromatic carbocycles. The Kier molecular flexibility index (Phi) is 3.66. The lowest BCUT2D eigenvalue weighted by atomic mass is 10.2. The zero-order valence-electron chi connectivity index (χ0n) is 12.5. The normalized spacial score (nSPS) is 11.5. The van der Waals surface area contributed by atoms with Gasteiger partial charge in [-0.25, -0.2) is 4.98 Å². The first-order chi connectivity index (χ1) is 11.8. The minimum atomic E-state index is 0.510. The quantitative estimate of drug-likeness (QED) is 0.495. The highest BCUT2D eigenvalue weighted by Gasteiger charge is 2.12. The number of nitrogens with zero attached hydrogens (tertiary/aromatic N) is 3. The van der Waals surface area contributed by atoms with Gasteiger partial charge in [0.05, 0.1) is 5.57 Å². The maximum Gasteiger partial charge on any atom is 0.154 e. The Hall–Kier alpha value is -3.23. The molecule has 0 aliphatic carbocycles. The summed E-state index contributed by atoms with van der Waals surface area (Å²) in [7, 11) is 0. The number of rotatable bonds is 3. The molecule has 0 saturated carbocycles. The van der Waals surface area contributed by atoms with Crippen LogP contribution in [-0.2, 0) is 0 Å². The summed E-state index contributed by atoms with van der Waals surface area (Å²) in [4.78, 5) is 8.61. The van der Waals surface area contributed by atoms with Crippen LogP contribution < -0.4 is 0 Å². The van der Waals surface area contributed by atoms with Crippen LogP contribution in [0.5, 0.6) is 0 Å². The van der Waals surface area contributed by atoms with Crippen molar-refractivity contribution in [2.24, 2.45) is 0 Å². The van der Waals surface area contributed by atoms with Gasteiger partial charge in [-0.2, -0.15) is 5.26 Å². The molecule has 0 N–H and O–H groups in total. The van der Waals surface area contributed by atoms with Gasteiger partial charge in [-0.1, -0.05) is 24.3 Å². The van der Waals surface area contributed by atoms with Crippen molar-refractivity contribution in [3.63, 3.8) is 0 Å². The number of fused-ring (bicyclic) bond motifs is 1. The summed E-state index contributed by atoms with van der Waals surface area (Å²) in [6.45, 7) is 0. The first kappa shape index (κ1) is 14.4. The van der Waals surface area contributed by atoms with Gasteiger partial charge >= 0.3 is 0 Å². The van der Waals surface area contributed by atoms with Crippen molar-refractivity contribution in [1.82, 2.24) is 9.97 Å². The van der Waals surface area contributed by atoms with Gasteiger partial charge in [-0.05, 0) is 29.8 Å². The molecule has 3 heterocycles. The van der Waals surface area contributed by atoms with E-state index >= 15 is 0 Å². The van der Waals surface area contributed by atoms with E-state index in [1.54, 1.807) is 18.5 Å². The van der Waals surface area contributed by atoms with Crippen LogP contribution in [0.2, 0.25) is 0 Å².